The van der Waals surface area contributed by atoms with Gasteiger partial charge in [0, 0.05) is 75.3 Å². The first-order valence-electron chi connectivity index (χ1n) is 30.5. The number of carbonyl (C=O) groups is 8. The molecular formula is C68H79N7O13. The number of hydrogen-bond donors (Lipinski definition) is 3. The lowest BCUT2D eigenvalue weighted by Gasteiger charge is -2.31. The van der Waals surface area contributed by atoms with Gasteiger partial charge in [-0.2, -0.15) is 0 Å². The Kier molecular flexibility index (Phi) is 21.6. The third kappa shape index (κ3) is 15.7. The number of hydrogen-bond acceptors (Lipinski definition) is 15. The van der Waals surface area contributed by atoms with E-state index in [1.807, 2.05) is 37.3 Å². The molecule has 4 aromatic carbocycles. The standard InChI is InChI=1S/C68H79N7O13/c1-43-30-50-39-70-55-37-61(60(85-4)36-52(55)65(81)73(50)40-43)87-29-15-7-14-28-86-59-38-56-53(32-45(59)3)66(82)74-41-44(2)31-57(74)67(83)75(56)68(84)88-42-48-22-20-47(21-23-48)34-58(77)54(19-11-12-26-69)71-64(80)49(33-46-16-8-5-9-17-46)35-51(76)18-10-6-13-27-72-62(78)24-25-63(72)79/h5,8-9,16-17,20-25,32,36-39,49-50,54,57,67,83H,1-2,6-7,10-15,18-19,26-31,33-35,40-42,69H2,3-4H3,(H,71,80)/t49-,50+,54+,57+,67+/m1/s1. The monoisotopic (exact) mass is 1200 g/mol. The van der Waals surface area contributed by atoms with Crippen LogP contribution in [0.1, 0.15) is 126 Å². The second-order valence-electron chi connectivity index (χ2n) is 23.3. The minimum Gasteiger partial charge on any atom is -0.493 e. The van der Waals surface area contributed by atoms with Crippen molar-refractivity contribution < 1.29 is 62.4 Å². The Hall–Kier alpha value is -8.75. The number of ether oxygens (including phenoxy) is 4. The smallest absolute Gasteiger partial charge is 0.416 e. The third-order valence-corrected chi connectivity index (χ3v) is 16.7. The summed E-state index contributed by atoms with van der Waals surface area (Å²) in [5.74, 6) is -1.28. The van der Waals surface area contributed by atoms with E-state index in [4.69, 9.17) is 24.7 Å². The molecule has 2 saturated heterocycles. The molecule has 20 nitrogen and oxygen atoms in total. The van der Waals surface area contributed by atoms with Crippen molar-refractivity contribution in [2.75, 3.05) is 51.4 Å². The van der Waals surface area contributed by atoms with Crippen LogP contribution in [0, 0.1) is 12.8 Å². The summed E-state index contributed by atoms with van der Waals surface area (Å²) in [5.41, 5.74) is 11.6. The maximum absolute atomic E-state index is 14.3. The lowest BCUT2D eigenvalue weighted by Crippen LogP contribution is -2.50. The number of fused-ring (bicyclic) bond motifs is 4. The molecule has 464 valence electrons. The van der Waals surface area contributed by atoms with E-state index in [9.17, 15) is 43.5 Å². The fourth-order valence-corrected chi connectivity index (χ4v) is 11.9. The fraction of sp³-hybridized carbons (Fsp3) is 0.426. The van der Waals surface area contributed by atoms with Gasteiger partial charge in [-0.25, -0.2) is 9.69 Å². The van der Waals surface area contributed by atoms with Crippen molar-refractivity contribution in [1.82, 2.24) is 20.0 Å². The minimum atomic E-state index is -1.49. The number of carbonyl (C=O) groups excluding carboxylic acids is 8. The lowest BCUT2D eigenvalue weighted by molar-refractivity contribution is -0.137. The molecule has 0 saturated carbocycles. The number of anilines is 1. The summed E-state index contributed by atoms with van der Waals surface area (Å²) in [6.45, 7) is 11.8. The number of nitrogens with one attached hydrogen (secondary N) is 1. The number of Topliss-reactive ketones (excluding diaryl/α,β-unsaturated/α-hetero) is 2. The molecule has 4 aromatic rings. The van der Waals surface area contributed by atoms with Crippen LogP contribution in [0.25, 0.3) is 0 Å². The number of benzene rings is 4. The first kappa shape index (κ1) is 63.7. The Morgan fingerprint density at radius 3 is 2.16 bits per heavy atom. The van der Waals surface area contributed by atoms with E-state index < -0.39 is 36.2 Å². The number of aliphatic imine (C=N–C) groups is 1. The van der Waals surface area contributed by atoms with E-state index >= 15 is 0 Å². The molecule has 20 heteroatoms. The minimum absolute atomic E-state index is 0.0174. The number of nitrogens with two attached hydrogens (primary N) is 1. The van der Waals surface area contributed by atoms with E-state index in [1.165, 1.54) is 29.1 Å². The Morgan fingerprint density at radius 1 is 0.750 bits per heavy atom. The van der Waals surface area contributed by atoms with Crippen molar-refractivity contribution in [3.8, 4) is 17.2 Å². The Bertz CT molecular complexity index is 3340. The predicted molar refractivity (Wildman–Crippen MR) is 331 cm³/mol. The van der Waals surface area contributed by atoms with Gasteiger partial charge in [-0.05, 0) is 118 Å². The number of amides is 6. The van der Waals surface area contributed by atoms with Gasteiger partial charge < -0.3 is 44.9 Å². The van der Waals surface area contributed by atoms with Crippen molar-refractivity contribution in [2.45, 2.75) is 134 Å². The molecule has 0 spiro atoms. The van der Waals surface area contributed by atoms with Crippen LogP contribution in [-0.4, -0.2) is 144 Å². The molecule has 5 aliphatic rings. The highest BCUT2D eigenvalue weighted by atomic mass is 16.6. The van der Waals surface area contributed by atoms with Crippen LogP contribution >= 0.6 is 0 Å². The summed E-state index contributed by atoms with van der Waals surface area (Å²) in [6.07, 6.45) is 8.68. The molecule has 0 radical (unpaired) electrons. The molecule has 2 fully saturated rings. The molecule has 9 rings (SSSR count). The van der Waals surface area contributed by atoms with Crippen LogP contribution in [0.2, 0.25) is 0 Å². The number of nitrogens with zero attached hydrogens (tertiary/aromatic N) is 5. The Labute approximate surface area is 513 Å². The van der Waals surface area contributed by atoms with Gasteiger partial charge in [-0.1, -0.05) is 85.3 Å². The second kappa shape index (κ2) is 29.8. The van der Waals surface area contributed by atoms with Crippen molar-refractivity contribution in [2.24, 2.45) is 16.6 Å². The molecule has 4 N–H and O–H groups in total. The second-order valence-corrected chi connectivity index (χ2v) is 23.3. The number of methoxy groups -OCH3 is 1. The first-order chi connectivity index (χ1) is 42.5. The van der Waals surface area contributed by atoms with Gasteiger partial charge in [0.25, 0.3) is 23.6 Å². The van der Waals surface area contributed by atoms with Gasteiger partial charge in [-0.3, -0.25) is 43.5 Å². The lowest BCUT2D eigenvalue weighted by atomic mass is 9.91. The largest absolute Gasteiger partial charge is 0.493 e. The summed E-state index contributed by atoms with van der Waals surface area (Å²) in [6, 6.07) is 21.3. The van der Waals surface area contributed by atoms with Crippen LogP contribution in [0.3, 0.4) is 0 Å². The van der Waals surface area contributed by atoms with Crippen LogP contribution < -0.4 is 30.2 Å². The molecule has 5 aliphatic heterocycles. The maximum Gasteiger partial charge on any atom is 0.416 e. The molecular weight excluding hydrogens is 1120 g/mol. The summed E-state index contributed by atoms with van der Waals surface area (Å²) >= 11 is 0. The predicted octanol–water partition coefficient (Wildman–Crippen LogP) is 8.39. The van der Waals surface area contributed by atoms with Crippen LogP contribution in [0.5, 0.6) is 17.2 Å². The van der Waals surface area contributed by atoms with E-state index in [-0.39, 0.29) is 97.9 Å². The van der Waals surface area contributed by atoms with E-state index in [0.29, 0.717) is 136 Å². The number of ketones is 2. The maximum atomic E-state index is 14.3. The fourth-order valence-electron chi connectivity index (χ4n) is 11.9. The zero-order valence-corrected chi connectivity index (χ0v) is 50.3. The number of imide groups is 1. The highest BCUT2D eigenvalue weighted by molar-refractivity contribution is 6.13. The van der Waals surface area contributed by atoms with E-state index in [2.05, 4.69) is 23.5 Å². The molecule has 0 aliphatic carbocycles. The van der Waals surface area contributed by atoms with Gasteiger partial charge in [0.05, 0.1) is 61.0 Å². The Morgan fingerprint density at radius 2 is 1.43 bits per heavy atom. The third-order valence-electron chi connectivity index (χ3n) is 16.7. The Balaban J connectivity index is 0.793. The molecule has 0 aromatic heterocycles. The summed E-state index contributed by atoms with van der Waals surface area (Å²) in [4.78, 5) is 118. The highest BCUT2D eigenvalue weighted by Gasteiger charge is 2.46. The zero-order chi connectivity index (χ0) is 62.4. The normalized spacial score (nSPS) is 18.3. The van der Waals surface area contributed by atoms with Crippen molar-refractivity contribution in [3.63, 3.8) is 0 Å². The van der Waals surface area contributed by atoms with E-state index in [1.54, 1.807) is 59.6 Å². The van der Waals surface area contributed by atoms with E-state index in [0.717, 1.165) is 28.0 Å². The summed E-state index contributed by atoms with van der Waals surface area (Å²) in [5, 5.41) is 15.0. The van der Waals surface area contributed by atoms with Crippen LogP contribution in [0.15, 0.2) is 120 Å². The number of aryl methyl sites for hydroxylation is 1. The van der Waals surface area contributed by atoms with Crippen LogP contribution in [-0.2, 0) is 48.2 Å². The number of aliphatic hydroxyl groups excluding tert-OH is 1. The quantitative estimate of drug-likeness (QED) is 0.0252. The highest BCUT2D eigenvalue weighted by Crippen LogP contribution is 2.41. The zero-order valence-electron chi connectivity index (χ0n) is 50.3. The average Bonchev–Trinajstić information content (AvgIpc) is 2.04. The number of unbranched alkanes of at least 4 members (excludes halogenated alkanes) is 5. The van der Waals surface area contributed by atoms with Gasteiger partial charge in [0.1, 0.15) is 18.1 Å². The van der Waals surface area contributed by atoms with Gasteiger partial charge in [-0.15, -0.1) is 0 Å². The SMILES string of the molecule is C=C1C[C@H]2C=Nc3cc(OCCCCCOc4cc5c(cc4C)C(=O)N4CC(=C)C[C@H]4[C@H](O)N5C(=O)OCc4ccc(CC(=O)[C@H](CCCCN)NC(=O)[C@@H](CC(=O)CCCCCN5C(=O)C=CC5=O)Cc5ccccc5)cc4)c(OC)cc3C(=O)N2C1. The average molecular weight is 1200 g/mol. The van der Waals surface area contributed by atoms with Crippen LogP contribution in [0.4, 0.5) is 16.2 Å². The molecule has 0 bridgehead atoms. The molecule has 0 unspecified atom stereocenters. The van der Waals surface area contributed by atoms with Gasteiger partial charge >= 0.3 is 6.09 Å². The number of rotatable bonds is 30. The first-order valence-corrected chi connectivity index (χ1v) is 30.5. The van der Waals surface area contributed by atoms with Crippen molar-refractivity contribution in [3.05, 3.63) is 149 Å². The van der Waals surface area contributed by atoms with Gasteiger partial charge in [0.15, 0.2) is 23.5 Å². The molecule has 6 amide bonds. The van der Waals surface area contributed by atoms with Gasteiger partial charge in [0.2, 0.25) is 5.91 Å². The molecule has 88 heavy (non-hydrogen) atoms. The van der Waals surface area contributed by atoms with Crippen molar-refractivity contribution in [1.29, 1.82) is 0 Å². The van der Waals surface area contributed by atoms with Crippen molar-refractivity contribution >= 4 is 64.8 Å². The summed E-state index contributed by atoms with van der Waals surface area (Å²) < 4.78 is 23.9. The molecule has 5 atom stereocenters. The molecule has 5 heterocycles. The summed E-state index contributed by atoms with van der Waals surface area (Å²) in [7, 11) is 1.53. The topological polar surface area (TPSA) is 257 Å². The number of aliphatic hydroxyl groups is 1.